The molecule has 0 radical (unpaired) electrons. The Hall–Kier alpha value is -3.21. The van der Waals surface area contributed by atoms with Gasteiger partial charge >= 0.3 is 5.97 Å². The number of carbonyl (C=O) groups excluding carboxylic acids is 1. The number of hydrazone groups is 2. The molecular weight excluding hydrogens is 274 g/mol. The number of nitrogens with zero attached hydrogens (tertiary/aromatic N) is 3. The molecule has 1 amide bonds. The van der Waals surface area contributed by atoms with Gasteiger partial charge in [-0.1, -0.05) is 0 Å². The number of carboxylic acids is 1. The SMILES string of the molecule is CC(C=NNc1ccc(C(=O)O)cc1)=NNC(=O)CC#N. The van der Waals surface area contributed by atoms with Gasteiger partial charge in [-0.05, 0) is 31.2 Å². The van der Waals surface area contributed by atoms with Crippen molar-refractivity contribution in [2.45, 2.75) is 13.3 Å². The second kappa shape index (κ2) is 8.06. The van der Waals surface area contributed by atoms with E-state index in [1.807, 2.05) is 0 Å². The molecule has 8 nitrogen and oxygen atoms in total. The van der Waals surface area contributed by atoms with Crippen molar-refractivity contribution in [3.63, 3.8) is 0 Å². The standard InChI is InChI=1S/C13H13N5O3/c1-9(16-18-12(19)6-7-14)8-15-17-11-4-2-10(3-5-11)13(20)21/h2-5,8,17H,6H2,1H3,(H,18,19)(H,20,21). The lowest BCUT2D eigenvalue weighted by Crippen LogP contribution is -2.18. The molecule has 0 atom stereocenters. The number of aromatic carboxylic acids is 1. The number of amides is 1. The number of anilines is 1. The van der Waals surface area contributed by atoms with Gasteiger partial charge in [0.2, 0.25) is 0 Å². The normalized spacial score (nSPS) is 11.0. The Bertz CT molecular complexity index is 614. The highest BCUT2D eigenvalue weighted by Crippen LogP contribution is 2.09. The first-order valence-corrected chi connectivity index (χ1v) is 5.85. The molecule has 0 spiro atoms. The minimum Gasteiger partial charge on any atom is -0.478 e. The number of rotatable bonds is 6. The lowest BCUT2D eigenvalue weighted by molar-refractivity contribution is -0.120. The maximum atomic E-state index is 11.0. The molecule has 0 unspecified atom stereocenters. The quantitative estimate of drug-likeness (QED) is 0.535. The Morgan fingerprint density at radius 1 is 1.38 bits per heavy atom. The van der Waals surface area contributed by atoms with Crippen LogP contribution < -0.4 is 10.9 Å². The number of hydrogen-bond donors (Lipinski definition) is 3. The molecule has 0 aliphatic heterocycles. The van der Waals surface area contributed by atoms with Crippen molar-refractivity contribution in [2.75, 3.05) is 5.43 Å². The van der Waals surface area contributed by atoms with Gasteiger partial charge in [0, 0.05) is 0 Å². The zero-order chi connectivity index (χ0) is 15.7. The number of carboxylic acid groups (broad SMARTS) is 1. The van der Waals surface area contributed by atoms with E-state index in [0.29, 0.717) is 11.4 Å². The lowest BCUT2D eigenvalue weighted by atomic mass is 10.2. The van der Waals surface area contributed by atoms with Crippen molar-refractivity contribution in [3.8, 4) is 6.07 Å². The summed E-state index contributed by atoms with van der Waals surface area (Å²) in [5.74, 6) is -1.50. The zero-order valence-electron chi connectivity index (χ0n) is 11.2. The summed E-state index contributed by atoms with van der Waals surface area (Å²) in [5.41, 5.74) is 6.10. The minimum absolute atomic E-state index is 0.183. The lowest BCUT2D eigenvalue weighted by Gasteiger charge is -2.00. The highest BCUT2D eigenvalue weighted by atomic mass is 16.4. The Morgan fingerprint density at radius 2 is 2.05 bits per heavy atom. The Labute approximate surface area is 120 Å². The van der Waals surface area contributed by atoms with Gasteiger partial charge in [0.05, 0.1) is 29.2 Å². The number of nitriles is 1. The Kier molecular flexibility index (Phi) is 6.08. The number of benzene rings is 1. The van der Waals surface area contributed by atoms with E-state index < -0.39 is 11.9 Å². The molecule has 108 valence electrons. The second-order valence-corrected chi connectivity index (χ2v) is 3.88. The Balaban J connectivity index is 2.50. The summed E-state index contributed by atoms with van der Waals surface area (Å²) in [7, 11) is 0. The third-order valence-electron chi connectivity index (χ3n) is 2.17. The molecule has 0 bridgehead atoms. The van der Waals surface area contributed by atoms with Crippen molar-refractivity contribution >= 4 is 29.5 Å². The number of carbonyl (C=O) groups is 2. The average Bonchev–Trinajstić information content (AvgIpc) is 2.46. The van der Waals surface area contributed by atoms with Gasteiger partial charge in [0.25, 0.3) is 5.91 Å². The predicted molar refractivity (Wildman–Crippen MR) is 77.0 cm³/mol. The van der Waals surface area contributed by atoms with Gasteiger partial charge in [-0.2, -0.15) is 15.5 Å². The molecule has 21 heavy (non-hydrogen) atoms. The number of nitrogens with one attached hydrogen (secondary N) is 2. The van der Waals surface area contributed by atoms with Crippen molar-refractivity contribution in [2.24, 2.45) is 10.2 Å². The van der Waals surface area contributed by atoms with E-state index in [9.17, 15) is 9.59 Å². The summed E-state index contributed by atoms with van der Waals surface area (Å²) in [6, 6.07) is 7.74. The van der Waals surface area contributed by atoms with Crippen LogP contribution in [0.2, 0.25) is 0 Å². The first-order chi connectivity index (χ1) is 10.0. The van der Waals surface area contributed by atoms with Crippen LogP contribution in [0.3, 0.4) is 0 Å². The molecule has 0 saturated heterocycles. The molecule has 0 aliphatic rings. The van der Waals surface area contributed by atoms with Crippen LogP contribution in [-0.2, 0) is 4.79 Å². The van der Waals surface area contributed by atoms with E-state index in [4.69, 9.17) is 10.4 Å². The third-order valence-corrected chi connectivity index (χ3v) is 2.17. The topological polar surface area (TPSA) is 127 Å². The van der Waals surface area contributed by atoms with E-state index in [2.05, 4.69) is 21.1 Å². The molecule has 1 rings (SSSR count). The molecule has 0 saturated carbocycles. The minimum atomic E-state index is -0.999. The van der Waals surface area contributed by atoms with Crippen LogP contribution in [0.1, 0.15) is 23.7 Å². The molecule has 8 heteroatoms. The summed E-state index contributed by atoms with van der Waals surface area (Å²) < 4.78 is 0. The van der Waals surface area contributed by atoms with Crippen LogP contribution in [0.15, 0.2) is 34.5 Å². The fraction of sp³-hybridized carbons (Fsp3) is 0.154. The van der Waals surface area contributed by atoms with Gasteiger partial charge in [-0.3, -0.25) is 10.2 Å². The summed E-state index contributed by atoms with van der Waals surface area (Å²) in [6.45, 7) is 1.62. The molecule has 0 aliphatic carbocycles. The van der Waals surface area contributed by atoms with Crippen LogP contribution >= 0.6 is 0 Å². The number of hydrogen-bond acceptors (Lipinski definition) is 6. The van der Waals surface area contributed by atoms with Gasteiger partial charge < -0.3 is 5.11 Å². The van der Waals surface area contributed by atoms with E-state index >= 15 is 0 Å². The van der Waals surface area contributed by atoms with E-state index in [-0.39, 0.29) is 12.0 Å². The summed E-state index contributed by atoms with van der Waals surface area (Å²) in [4.78, 5) is 21.6. The zero-order valence-corrected chi connectivity index (χ0v) is 11.2. The van der Waals surface area contributed by atoms with Crippen LogP contribution in [0.5, 0.6) is 0 Å². The van der Waals surface area contributed by atoms with Crippen LogP contribution in [0, 0.1) is 11.3 Å². The maximum absolute atomic E-state index is 11.0. The summed E-state index contributed by atoms with van der Waals surface area (Å²) >= 11 is 0. The van der Waals surface area contributed by atoms with Gasteiger partial charge in [-0.15, -0.1) is 0 Å². The molecule has 0 aromatic heterocycles. The summed E-state index contributed by atoms with van der Waals surface area (Å²) in [6.07, 6.45) is 1.11. The first kappa shape index (κ1) is 15.8. The molecule has 0 heterocycles. The molecule has 1 aromatic carbocycles. The predicted octanol–water partition coefficient (Wildman–Crippen LogP) is 1.19. The molecular formula is C13H13N5O3. The van der Waals surface area contributed by atoms with Crippen molar-refractivity contribution < 1.29 is 14.7 Å². The van der Waals surface area contributed by atoms with Crippen LogP contribution in [0.25, 0.3) is 0 Å². The third kappa shape index (κ3) is 5.98. The Morgan fingerprint density at radius 3 is 2.62 bits per heavy atom. The van der Waals surface area contributed by atoms with Gasteiger partial charge in [0.15, 0.2) is 0 Å². The van der Waals surface area contributed by atoms with E-state index in [1.54, 1.807) is 25.1 Å². The molecule has 3 N–H and O–H groups in total. The molecule has 0 fully saturated rings. The first-order valence-electron chi connectivity index (χ1n) is 5.85. The largest absolute Gasteiger partial charge is 0.478 e. The van der Waals surface area contributed by atoms with E-state index in [1.165, 1.54) is 18.3 Å². The van der Waals surface area contributed by atoms with Crippen molar-refractivity contribution in [1.29, 1.82) is 5.26 Å². The van der Waals surface area contributed by atoms with Crippen LogP contribution in [0.4, 0.5) is 5.69 Å². The second-order valence-electron chi connectivity index (χ2n) is 3.88. The maximum Gasteiger partial charge on any atom is 0.335 e. The van der Waals surface area contributed by atoms with Gasteiger partial charge in [-0.25, -0.2) is 10.2 Å². The fourth-order valence-corrected chi connectivity index (χ4v) is 1.18. The summed E-state index contributed by atoms with van der Waals surface area (Å²) in [5, 5.41) is 24.6. The fourth-order valence-electron chi connectivity index (χ4n) is 1.18. The van der Waals surface area contributed by atoms with Gasteiger partial charge in [0.1, 0.15) is 6.42 Å². The smallest absolute Gasteiger partial charge is 0.335 e. The molecule has 1 aromatic rings. The monoisotopic (exact) mass is 287 g/mol. The van der Waals surface area contributed by atoms with E-state index in [0.717, 1.165) is 0 Å². The van der Waals surface area contributed by atoms with Crippen molar-refractivity contribution in [3.05, 3.63) is 29.8 Å². The average molecular weight is 287 g/mol. The highest BCUT2D eigenvalue weighted by molar-refractivity contribution is 6.29. The van der Waals surface area contributed by atoms with Crippen molar-refractivity contribution in [1.82, 2.24) is 5.43 Å². The van der Waals surface area contributed by atoms with Crippen LogP contribution in [-0.4, -0.2) is 28.9 Å². The highest BCUT2D eigenvalue weighted by Gasteiger charge is 2.00.